The first-order valence-corrected chi connectivity index (χ1v) is 7.09. The largest absolute Gasteiger partial charge is 0.478 e. The van der Waals surface area contributed by atoms with Gasteiger partial charge in [-0.3, -0.25) is 4.90 Å². The summed E-state index contributed by atoms with van der Waals surface area (Å²) in [6.07, 6.45) is 0.695. The summed E-state index contributed by atoms with van der Waals surface area (Å²) in [5.74, 6) is 0.00381. The fraction of sp³-hybridized carbons (Fsp3) is 0.267. The summed E-state index contributed by atoms with van der Waals surface area (Å²) in [4.78, 5) is 13.2. The summed E-state index contributed by atoms with van der Waals surface area (Å²) >= 11 is 3.27. The van der Waals surface area contributed by atoms with E-state index < -0.39 is 5.97 Å². The molecule has 2 rings (SSSR count). The van der Waals surface area contributed by atoms with Crippen molar-refractivity contribution in [1.29, 1.82) is 0 Å². The zero-order valence-electron chi connectivity index (χ0n) is 11.2. The molecule has 0 aliphatic rings. The second-order valence-electron chi connectivity index (χ2n) is 4.66. The molecule has 1 heterocycles. The normalized spacial score (nSPS) is 10.9. The van der Waals surface area contributed by atoms with Gasteiger partial charge in [0.05, 0.1) is 12.1 Å². The van der Waals surface area contributed by atoms with Crippen LogP contribution in [0, 0.1) is 0 Å². The van der Waals surface area contributed by atoms with Crippen LogP contribution in [0.2, 0.25) is 0 Å². The average Bonchev–Trinajstić information content (AvgIpc) is 2.82. The Morgan fingerprint density at radius 1 is 1.30 bits per heavy atom. The molecule has 0 bridgehead atoms. The van der Waals surface area contributed by atoms with Crippen molar-refractivity contribution in [2.75, 3.05) is 13.6 Å². The van der Waals surface area contributed by atoms with Crippen molar-refractivity contribution in [3.8, 4) is 0 Å². The number of furan rings is 1. The highest BCUT2D eigenvalue weighted by Gasteiger charge is 2.10. The number of benzene rings is 1. The second-order valence-corrected chi connectivity index (χ2v) is 5.44. The molecule has 0 unspecified atom stereocenters. The van der Waals surface area contributed by atoms with Crippen molar-refractivity contribution in [1.82, 2.24) is 4.90 Å². The van der Waals surface area contributed by atoms with Crippen molar-refractivity contribution >= 4 is 21.9 Å². The van der Waals surface area contributed by atoms with Gasteiger partial charge >= 0.3 is 5.97 Å². The molecule has 4 nitrogen and oxygen atoms in total. The molecule has 0 aliphatic heterocycles. The maximum Gasteiger partial charge on any atom is 0.335 e. The lowest BCUT2D eigenvalue weighted by Gasteiger charge is -2.15. The van der Waals surface area contributed by atoms with Crippen LogP contribution in [0.15, 0.2) is 45.5 Å². The quantitative estimate of drug-likeness (QED) is 0.877. The van der Waals surface area contributed by atoms with Crippen LogP contribution in [0.1, 0.15) is 21.7 Å². The lowest BCUT2D eigenvalue weighted by atomic mass is 10.0. The molecule has 5 heteroatoms. The first kappa shape index (κ1) is 14.8. The van der Waals surface area contributed by atoms with Gasteiger partial charge in [0.2, 0.25) is 0 Å². The molecule has 0 saturated heterocycles. The Labute approximate surface area is 126 Å². The van der Waals surface area contributed by atoms with Crippen LogP contribution < -0.4 is 0 Å². The van der Waals surface area contributed by atoms with E-state index in [4.69, 9.17) is 9.52 Å². The van der Waals surface area contributed by atoms with Gasteiger partial charge in [-0.25, -0.2) is 4.79 Å². The molecule has 0 radical (unpaired) electrons. The smallest absolute Gasteiger partial charge is 0.335 e. The van der Waals surface area contributed by atoms with Crippen LogP contribution in [0.25, 0.3) is 0 Å². The zero-order chi connectivity index (χ0) is 14.5. The second kappa shape index (κ2) is 6.72. The number of rotatable bonds is 6. The number of halogens is 1. The molecule has 0 amide bonds. The van der Waals surface area contributed by atoms with Crippen molar-refractivity contribution in [2.45, 2.75) is 13.0 Å². The maximum absolute atomic E-state index is 11.1. The highest BCUT2D eigenvalue weighted by Crippen LogP contribution is 2.16. The van der Waals surface area contributed by atoms with Crippen LogP contribution in [0.3, 0.4) is 0 Å². The van der Waals surface area contributed by atoms with Gasteiger partial charge in [0.25, 0.3) is 0 Å². The molecule has 20 heavy (non-hydrogen) atoms. The van der Waals surface area contributed by atoms with Gasteiger partial charge in [-0.05, 0) is 53.2 Å². The Morgan fingerprint density at radius 2 is 2.05 bits per heavy atom. The zero-order valence-corrected chi connectivity index (χ0v) is 12.8. The van der Waals surface area contributed by atoms with Crippen molar-refractivity contribution in [2.24, 2.45) is 0 Å². The Morgan fingerprint density at radius 3 is 2.70 bits per heavy atom. The van der Waals surface area contributed by atoms with Crippen molar-refractivity contribution in [3.05, 3.63) is 58.0 Å². The van der Waals surface area contributed by atoms with Gasteiger partial charge in [0, 0.05) is 6.54 Å². The number of carboxylic acid groups (broad SMARTS) is 1. The number of hydrogen-bond donors (Lipinski definition) is 1. The first-order chi connectivity index (χ1) is 9.56. The van der Waals surface area contributed by atoms with E-state index in [1.807, 2.05) is 31.3 Å². The molecule has 0 aliphatic carbocycles. The first-order valence-electron chi connectivity index (χ1n) is 6.30. The predicted octanol–water partition coefficient (Wildman–Crippen LogP) is 3.41. The summed E-state index contributed by atoms with van der Waals surface area (Å²) < 4.78 is 6.17. The molecule has 106 valence electrons. The molecule has 1 N–H and O–H groups in total. The summed E-state index contributed by atoms with van der Waals surface area (Å²) in [6, 6.07) is 10.9. The lowest BCUT2D eigenvalue weighted by molar-refractivity contribution is 0.0695. The molecule has 0 fully saturated rings. The van der Waals surface area contributed by atoms with E-state index in [0.29, 0.717) is 18.5 Å². The third-order valence-corrected chi connectivity index (χ3v) is 3.49. The number of hydrogen-bond acceptors (Lipinski definition) is 3. The highest BCUT2D eigenvalue weighted by molar-refractivity contribution is 9.10. The van der Waals surface area contributed by atoms with Gasteiger partial charge in [0.15, 0.2) is 4.67 Å². The molecule has 1 aromatic carbocycles. The summed E-state index contributed by atoms with van der Waals surface area (Å²) in [5.41, 5.74) is 1.23. The molecule has 0 spiro atoms. The van der Waals surface area contributed by atoms with Gasteiger partial charge in [-0.15, -0.1) is 0 Å². The Balaban J connectivity index is 1.93. The lowest BCUT2D eigenvalue weighted by Crippen LogP contribution is -2.21. The van der Waals surface area contributed by atoms with E-state index in [1.54, 1.807) is 12.1 Å². The van der Waals surface area contributed by atoms with E-state index in [9.17, 15) is 4.79 Å². The molecular weight excluding hydrogens is 322 g/mol. The van der Waals surface area contributed by atoms with Crippen molar-refractivity contribution in [3.63, 3.8) is 0 Å². The van der Waals surface area contributed by atoms with E-state index in [2.05, 4.69) is 20.8 Å². The monoisotopic (exact) mass is 337 g/mol. The average molecular weight is 338 g/mol. The number of likely N-dealkylation sites (N-methyl/N-ethyl adjacent to an activating group) is 1. The van der Waals surface area contributed by atoms with Gasteiger partial charge in [-0.2, -0.15) is 0 Å². The van der Waals surface area contributed by atoms with Crippen LogP contribution in [-0.4, -0.2) is 29.6 Å². The molecular formula is C15H16BrNO3. The number of nitrogens with zero attached hydrogens (tertiary/aromatic N) is 1. The standard InChI is InChI=1S/C15H16BrNO3/c1-17(10-12-6-7-14(16)20-12)9-8-11-4-2-3-5-13(11)15(18)19/h2-7H,8-10H2,1H3,(H,18,19). The number of aromatic carboxylic acids is 1. The van der Waals surface area contributed by atoms with Crippen molar-refractivity contribution < 1.29 is 14.3 Å². The van der Waals surface area contributed by atoms with Crippen LogP contribution in [0.5, 0.6) is 0 Å². The molecule has 2 aromatic rings. The number of carbonyl (C=O) groups is 1. The fourth-order valence-corrected chi connectivity index (χ4v) is 2.38. The van der Waals surface area contributed by atoms with E-state index >= 15 is 0 Å². The highest BCUT2D eigenvalue weighted by atomic mass is 79.9. The summed E-state index contributed by atoms with van der Waals surface area (Å²) in [7, 11) is 1.99. The Hall–Kier alpha value is -1.59. The predicted molar refractivity (Wildman–Crippen MR) is 79.8 cm³/mol. The minimum Gasteiger partial charge on any atom is -0.478 e. The summed E-state index contributed by atoms with van der Waals surface area (Å²) in [5, 5.41) is 9.14. The maximum atomic E-state index is 11.1. The SMILES string of the molecule is CN(CCc1ccccc1C(=O)O)Cc1ccc(Br)o1. The molecule has 0 atom stereocenters. The third kappa shape index (κ3) is 3.95. The van der Waals surface area contributed by atoms with E-state index in [0.717, 1.165) is 22.5 Å². The Bertz CT molecular complexity index is 594. The van der Waals surface area contributed by atoms with E-state index in [-0.39, 0.29) is 0 Å². The Kier molecular flexibility index (Phi) is 4.98. The third-order valence-electron chi connectivity index (χ3n) is 3.07. The minimum absolute atomic E-state index is 0.377. The van der Waals surface area contributed by atoms with Gasteiger partial charge in [-0.1, -0.05) is 18.2 Å². The summed E-state index contributed by atoms with van der Waals surface area (Å²) in [6.45, 7) is 1.46. The topological polar surface area (TPSA) is 53.7 Å². The van der Waals surface area contributed by atoms with Gasteiger partial charge < -0.3 is 9.52 Å². The fourth-order valence-electron chi connectivity index (χ4n) is 2.04. The van der Waals surface area contributed by atoms with Crippen LogP contribution in [0.4, 0.5) is 0 Å². The van der Waals surface area contributed by atoms with Crippen LogP contribution >= 0.6 is 15.9 Å². The van der Waals surface area contributed by atoms with E-state index in [1.165, 1.54) is 0 Å². The minimum atomic E-state index is -0.877. The number of carboxylic acids is 1. The molecule has 0 saturated carbocycles. The van der Waals surface area contributed by atoms with Gasteiger partial charge in [0.1, 0.15) is 5.76 Å². The van der Waals surface area contributed by atoms with Crippen LogP contribution in [-0.2, 0) is 13.0 Å². The molecule has 1 aromatic heterocycles.